The topological polar surface area (TPSA) is 27.7 Å². The molecule has 2 aromatic carbocycles. The maximum Gasteiger partial charge on any atom is 0.201 e. The highest BCUT2D eigenvalue weighted by Gasteiger charge is 2.29. The summed E-state index contributed by atoms with van der Waals surface area (Å²) in [5.74, 6) is -0.312. The summed E-state index contributed by atoms with van der Waals surface area (Å²) in [5, 5.41) is 0. The monoisotopic (exact) mass is 570 g/mol. The van der Waals surface area contributed by atoms with Gasteiger partial charge in [0.2, 0.25) is 5.82 Å². The van der Waals surface area contributed by atoms with Crippen LogP contribution in [-0.4, -0.2) is 19.8 Å². The van der Waals surface area contributed by atoms with E-state index < -0.39 is 17.9 Å². The first-order valence-corrected chi connectivity index (χ1v) is 16.5. The number of hydrogen-bond acceptors (Lipinski definition) is 3. The Balaban J connectivity index is 1.20. The average Bonchev–Trinajstić information content (AvgIpc) is 3.01. The zero-order valence-corrected chi connectivity index (χ0v) is 25.5. The highest BCUT2D eigenvalue weighted by atomic mass is 19.2. The molecule has 0 bridgehead atoms. The van der Waals surface area contributed by atoms with Crippen LogP contribution in [0, 0.1) is 17.6 Å². The molecule has 2 aliphatic rings. The second-order valence-electron chi connectivity index (χ2n) is 12.3. The predicted octanol–water partition coefficient (Wildman–Crippen LogP) is 10.8. The van der Waals surface area contributed by atoms with Crippen LogP contribution >= 0.6 is 0 Å². The van der Waals surface area contributed by atoms with Crippen molar-refractivity contribution in [1.29, 1.82) is 0 Å². The normalized spacial score (nSPS) is 23.0. The summed E-state index contributed by atoms with van der Waals surface area (Å²) in [6, 6.07) is 11.9. The lowest BCUT2D eigenvalue weighted by atomic mass is 9.77. The highest BCUT2D eigenvalue weighted by Crippen LogP contribution is 2.39. The maximum atomic E-state index is 14.9. The van der Waals surface area contributed by atoms with E-state index in [9.17, 15) is 8.78 Å². The number of rotatable bonds is 16. The quantitative estimate of drug-likeness (QED) is 0.188. The van der Waals surface area contributed by atoms with Gasteiger partial charge in [0, 0.05) is 11.5 Å². The molecule has 2 fully saturated rings. The fraction of sp³-hybridized carbons (Fsp3) is 0.667. The van der Waals surface area contributed by atoms with Crippen molar-refractivity contribution in [3.63, 3.8) is 0 Å². The van der Waals surface area contributed by atoms with Gasteiger partial charge in [-0.1, -0.05) is 102 Å². The number of hydrogen-bond donors (Lipinski definition) is 0. The Morgan fingerprint density at radius 1 is 0.659 bits per heavy atom. The van der Waals surface area contributed by atoms with Gasteiger partial charge < -0.3 is 14.2 Å². The first-order valence-electron chi connectivity index (χ1n) is 16.5. The van der Waals surface area contributed by atoms with Crippen LogP contribution in [0.15, 0.2) is 36.4 Å². The zero-order valence-electron chi connectivity index (χ0n) is 25.5. The molecule has 1 aliphatic heterocycles. The molecule has 0 radical (unpaired) electrons. The minimum Gasteiger partial charge on any atom is -0.490 e. The molecule has 0 unspecified atom stereocenters. The molecule has 228 valence electrons. The van der Waals surface area contributed by atoms with Gasteiger partial charge in [0.15, 0.2) is 17.9 Å². The first kappa shape index (κ1) is 31.9. The molecular weight excluding hydrogens is 518 g/mol. The molecule has 5 heteroatoms. The Morgan fingerprint density at radius 3 is 1.90 bits per heavy atom. The van der Waals surface area contributed by atoms with Crippen LogP contribution in [-0.2, 0) is 9.47 Å². The van der Waals surface area contributed by atoms with Crippen molar-refractivity contribution in [1.82, 2.24) is 0 Å². The van der Waals surface area contributed by atoms with Crippen molar-refractivity contribution in [2.75, 3.05) is 19.8 Å². The van der Waals surface area contributed by atoms with Crippen molar-refractivity contribution in [3.8, 4) is 5.75 Å². The van der Waals surface area contributed by atoms with E-state index >= 15 is 0 Å². The van der Waals surface area contributed by atoms with Crippen LogP contribution in [0.4, 0.5) is 8.78 Å². The first-order chi connectivity index (χ1) is 20.1. The molecule has 41 heavy (non-hydrogen) atoms. The third kappa shape index (κ3) is 9.51. The van der Waals surface area contributed by atoms with Crippen molar-refractivity contribution < 1.29 is 23.0 Å². The molecule has 2 aromatic rings. The van der Waals surface area contributed by atoms with Gasteiger partial charge >= 0.3 is 0 Å². The Kier molecular flexibility index (Phi) is 13.4. The molecule has 0 atom stereocenters. The van der Waals surface area contributed by atoms with Gasteiger partial charge in [0.25, 0.3) is 0 Å². The van der Waals surface area contributed by atoms with Crippen molar-refractivity contribution in [2.45, 2.75) is 128 Å². The van der Waals surface area contributed by atoms with Crippen LogP contribution in [0.1, 0.15) is 145 Å². The smallest absolute Gasteiger partial charge is 0.201 e. The SMILES string of the molecule is CCCCCCCCOc1ccc(C2OCC(c3ccc(C4CCC(CCCCCC)CC4)cc3)CO2)c(F)c1F. The summed E-state index contributed by atoms with van der Waals surface area (Å²) in [7, 11) is 0. The predicted molar refractivity (Wildman–Crippen MR) is 163 cm³/mol. The standard InChI is InChI=1S/C36H52F2O3/c1-3-5-7-9-10-12-24-39-33-23-22-32(34(37)35(33)38)36-40-25-31(26-41-36)30-20-18-29(19-21-30)28-16-14-27(15-17-28)13-11-8-6-4-2/h18-23,27-28,31,36H,3-17,24-26H2,1-2H3. The van der Waals surface area contributed by atoms with Crippen molar-refractivity contribution >= 4 is 0 Å². The second-order valence-corrected chi connectivity index (χ2v) is 12.3. The Morgan fingerprint density at radius 2 is 1.24 bits per heavy atom. The molecule has 4 rings (SSSR count). The Bertz CT molecular complexity index is 1010. The molecule has 0 amide bonds. The molecule has 0 spiro atoms. The number of benzene rings is 2. The van der Waals surface area contributed by atoms with Crippen LogP contribution in [0.25, 0.3) is 0 Å². The summed E-state index contributed by atoms with van der Waals surface area (Å²) < 4.78 is 46.9. The lowest BCUT2D eigenvalue weighted by Gasteiger charge is -2.31. The molecule has 1 aliphatic carbocycles. The van der Waals surface area contributed by atoms with Crippen molar-refractivity contribution in [2.24, 2.45) is 5.92 Å². The summed E-state index contributed by atoms with van der Waals surface area (Å²) in [6.07, 6.45) is 17.9. The number of ether oxygens (including phenoxy) is 3. The maximum absolute atomic E-state index is 14.9. The van der Waals surface area contributed by atoms with E-state index in [1.165, 1.54) is 100 Å². The second kappa shape index (κ2) is 17.2. The largest absolute Gasteiger partial charge is 0.490 e. The molecule has 1 heterocycles. The summed E-state index contributed by atoms with van der Waals surface area (Å²) >= 11 is 0. The lowest BCUT2D eigenvalue weighted by Crippen LogP contribution is -2.26. The number of halogens is 2. The summed E-state index contributed by atoms with van der Waals surface area (Å²) in [6.45, 7) is 5.66. The van der Waals surface area contributed by atoms with Gasteiger partial charge in [-0.2, -0.15) is 4.39 Å². The minimum absolute atomic E-state index is 0.0472. The van der Waals surface area contributed by atoms with E-state index in [4.69, 9.17) is 14.2 Å². The molecule has 3 nitrogen and oxygen atoms in total. The van der Waals surface area contributed by atoms with Gasteiger partial charge in [-0.15, -0.1) is 0 Å². The van der Waals surface area contributed by atoms with Crippen LogP contribution in [0.5, 0.6) is 5.75 Å². The van der Waals surface area contributed by atoms with E-state index in [1.807, 2.05) is 0 Å². The number of unbranched alkanes of at least 4 members (excludes halogenated alkanes) is 8. The van der Waals surface area contributed by atoms with Gasteiger partial charge in [0.05, 0.1) is 19.8 Å². The Labute approximate surface area is 247 Å². The van der Waals surface area contributed by atoms with Crippen LogP contribution < -0.4 is 4.74 Å². The van der Waals surface area contributed by atoms with E-state index in [1.54, 1.807) is 0 Å². The van der Waals surface area contributed by atoms with E-state index in [0.717, 1.165) is 25.2 Å². The van der Waals surface area contributed by atoms with Gasteiger partial charge in [-0.05, 0) is 67.2 Å². The molecule has 1 saturated carbocycles. The lowest BCUT2D eigenvalue weighted by molar-refractivity contribution is -0.193. The average molecular weight is 571 g/mol. The van der Waals surface area contributed by atoms with Gasteiger partial charge in [-0.3, -0.25) is 0 Å². The Hall–Kier alpha value is -1.98. The molecule has 0 N–H and O–H groups in total. The van der Waals surface area contributed by atoms with E-state index in [-0.39, 0.29) is 17.2 Å². The van der Waals surface area contributed by atoms with E-state index in [2.05, 4.69) is 38.1 Å². The zero-order chi connectivity index (χ0) is 28.9. The third-order valence-corrected chi connectivity index (χ3v) is 9.18. The minimum atomic E-state index is -0.969. The molecular formula is C36H52F2O3. The molecule has 0 aromatic heterocycles. The third-order valence-electron chi connectivity index (χ3n) is 9.18. The van der Waals surface area contributed by atoms with Crippen LogP contribution in [0.3, 0.4) is 0 Å². The fourth-order valence-corrected chi connectivity index (χ4v) is 6.46. The highest BCUT2D eigenvalue weighted by molar-refractivity contribution is 5.32. The summed E-state index contributed by atoms with van der Waals surface area (Å²) in [4.78, 5) is 0. The summed E-state index contributed by atoms with van der Waals surface area (Å²) in [5.41, 5.74) is 2.69. The fourth-order valence-electron chi connectivity index (χ4n) is 6.46. The molecule has 1 saturated heterocycles. The van der Waals surface area contributed by atoms with E-state index in [0.29, 0.717) is 25.7 Å². The van der Waals surface area contributed by atoms with Crippen molar-refractivity contribution in [3.05, 3.63) is 64.7 Å². The van der Waals surface area contributed by atoms with Crippen LogP contribution in [0.2, 0.25) is 0 Å². The van der Waals surface area contributed by atoms with Gasteiger partial charge in [-0.25, -0.2) is 4.39 Å². The van der Waals surface area contributed by atoms with Gasteiger partial charge in [0.1, 0.15) is 0 Å².